The van der Waals surface area contributed by atoms with Crippen LogP contribution in [0.3, 0.4) is 0 Å². The molecule has 1 aliphatic rings. The standard InChI is InChI=1S/C29H33FN8O2S/c1-7-38-26(35(6)27-33-24(23(17-31)41-27)19-8-10-20(30)11-9-19)21-16-22(18(2)32-25(21)34-38)36-12-14-37(15-13-36)28(39)40-29(3,4)5/h8-11,16H,7,12-15H2,1-6H3. The van der Waals surface area contributed by atoms with E-state index in [1.807, 2.05) is 51.2 Å². The molecule has 0 bridgehead atoms. The third-order valence-corrected chi connectivity index (χ3v) is 7.91. The van der Waals surface area contributed by atoms with E-state index in [1.54, 1.807) is 17.0 Å². The highest BCUT2D eigenvalue weighted by Crippen LogP contribution is 2.39. The van der Waals surface area contributed by atoms with Gasteiger partial charge in [-0.3, -0.25) is 0 Å². The number of carbonyl (C=O) groups is 1. The molecule has 0 spiro atoms. The lowest BCUT2D eigenvalue weighted by Crippen LogP contribution is -2.50. The maximum atomic E-state index is 13.5. The summed E-state index contributed by atoms with van der Waals surface area (Å²) in [5, 5.41) is 16.1. The van der Waals surface area contributed by atoms with Gasteiger partial charge in [-0.05, 0) is 65.0 Å². The van der Waals surface area contributed by atoms with Crippen molar-refractivity contribution in [2.75, 3.05) is 43.0 Å². The molecule has 1 aliphatic heterocycles. The summed E-state index contributed by atoms with van der Waals surface area (Å²) in [5.41, 5.74) is 3.13. The number of nitrogens with zero attached hydrogens (tertiary/aromatic N) is 8. The zero-order valence-corrected chi connectivity index (χ0v) is 24.9. The fourth-order valence-electron chi connectivity index (χ4n) is 4.90. The van der Waals surface area contributed by atoms with Gasteiger partial charge in [-0.2, -0.15) is 10.4 Å². The van der Waals surface area contributed by atoms with Crippen LogP contribution in [0.5, 0.6) is 0 Å². The Morgan fingerprint density at radius 3 is 2.46 bits per heavy atom. The van der Waals surface area contributed by atoms with Gasteiger partial charge in [-0.25, -0.2) is 23.8 Å². The second kappa shape index (κ2) is 11.0. The minimum absolute atomic E-state index is 0.296. The lowest BCUT2D eigenvalue weighted by Gasteiger charge is -2.37. The van der Waals surface area contributed by atoms with Crippen molar-refractivity contribution < 1.29 is 13.9 Å². The smallest absolute Gasteiger partial charge is 0.410 e. The van der Waals surface area contributed by atoms with E-state index < -0.39 is 5.60 Å². The van der Waals surface area contributed by atoms with Crippen molar-refractivity contribution in [2.24, 2.45) is 0 Å². The third-order valence-electron chi connectivity index (χ3n) is 6.88. The Hall–Kier alpha value is -4.24. The summed E-state index contributed by atoms with van der Waals surface area (Å²) >= 11 is 1.27. The largest absolute Gasteiger partial charge is 0.444 e. The zero-order chi connectivity index (χ0) is 29.5. The molecule has 0 aliphatic carbocycles. The number of ether oxygens (including phenoxy) is 1. The molecule has 4 aromatic rings. The molecular weight excluding hydrogens is 543 g/mol. The monoisotopic (exact) mass is 576 g/mol. The van der Waals surface area contributed by atoms with Crippen LogP contribution in [-0.4, -0.2) is 69.6 Å². The van der Waals surface area contributed by atoms with Crippen LogP contribution in [0, 0.1) is 24.1 Å². The number of hydrogen-bond acceptors (Lipinski definition) is 9. The Morgan fingerprint density at radius 2 is 1.85 bits per heavy atom. The van der Waals surface area contributed by atoms with E-state index in [0.717, 1.165) is 22.6 Å². The van der Waals surface area contributed by atoms with Crippen LogP contribution in [0.4, 0.5) is 25.8 Å². The Bertz CT molecular complexity index is 1630. The third kappa shape index (κ3) is 5.67. The SMILES string of the molecule is CCn1nc2nc(C)c(N3CCN(C(=O)OC(C)(C)C)CC3)cc2c1N(C)c1nc(-c2ccc(F)cc2)c(C#N)s1. The van der Waals surface area contributed by atoms with Crippen molar-refractivity contribution in [3.8, 4) is 17.3 Å². The van der Waals surface area contributed by atoms with Crippen LogP contribution >= 0.6 is 11.3 Å². The van der Waals surface area contributed by atoms with Gasteiger partial charge >= 0.3 is 6.09 Å². The number of nitriles is 1. The van der Waals surface area contributed by atoms with Gasteiger partial charge in [0.05, 0.1) is 16.8 Å². The number of rotatable bonds is 5. The first-order valence-electron chi connectivity index (χ1n) is 13.5. The van der Waals surface area contributed by atoms with Gasteiger partial charge in [-0.1, -0.05) is 11.3 Å². The minimum atomic E-state index is -0.535. The maximum absolute atomic E-state index is 13.5. The van der Waals surface area contributed by atoms with E-state index in [1.165, 1.54) is 23.5 Å². The average molecular weight is 577 g/mol. The number of piperazine rings is 1. The summed E-state index contributed by atoms with van der Waals surface area (Å²) in [7, 11) is 1.90. The molecule has 214 valence electrons. The maximum Gasteiger partial charge on any atom is 0.410 e. The van der Waals surface area contributed by atoms with Crippen LogP contribution < -0.4 is 9.80 Å². The van der Waals surface area contributed by atoms with Gasteiger partial charge in [0, 0.05) is 45.3 Å². The highest BCUT2D eigenvalue weighted by atomic mass is 32.1. The van der Waals surface area contributed by atoms with Gasteiger partial charge in [0.2, 0.25) is 0 Å². The Kier molecular flexibility index (Phi) is 7.57. The Labute approximate surface area is 242 Å². The van der Waals surface area contributed by atoms with Gasteiger partial charge in [-0.15, -0.1) is 0 Å². The summed E-state index contributed by atoms with van der Waals surface area (Å²) < 4.78 is 20.9. The summed E-state index contributed by atoms with van der Waals surface area (Å²) in [6.45, 7) is 12.6. The summed E-state index contributed by atoms with van der Waals surface area (Å²) in [6, 6.07) is 10.3. The second-order valence-electron chi connectivity index (χ2n) is 10.9. The number of benzene rings is 1. The lowest BCUT2D eigenvalue weighted by atomic mass is 10.1. The van der Waals surface area contributed by atoms with E-state index in [-0.39, 0.29) is 11.9 Å². The molecule has 0 unspecified atom stereocenters. The van der Waals surface area contributed by atoms with Gasteiger partial charge in [0.1, 0.15) is 33.9 Å². The van der Waals surface area contributed by atoms with E-state index in [0.29, 0.717) is 59.6 Å². The number of amides is 1. The van der Waals surface area contributed by atoms with Crippen molar-refractivity contribution >= 4 is 45.1 Å². The van der Waals surface area contributed by atoms with Gasteiger partial charge in [0.15, 0.2) is 10.8 Å². The van der Waals surface area contributed by atoms with Crippen molar-refractivity contribution in [1.82, 2.24) is 24.6 Å². The number of aryl methyl sites for hydroxylation is 2. The molecule has 0 N–H and O–H groups in total. The molecule has 5 rings (SSSR count). The number of thiazole rings is 1. The number of carbonyl (C=O) groups excluding carboxylic acids is 1. The van der Waals surface area contributed by atoms with Crippen molar-refractivity contribution in [1.29, 1.82) is 5.26 Å². The fourth-order valence-corrected chi connectivity index (χ4v) is 5.75. The van der Waals surface area contributed by atoms with Crippen molar-refractivity contribution in [2.45, 2.75) is 46.8 Å². The number of fused-ring (bicyclic) bond motifs is 1. The summed E-state index contributed by atoms with van der Waals surface area (Å²) in [5.74, 6) is 0.468. The molecule has 3 aromatic heterocycles. The number of aromatic nitrogens is 4. The van der Waals surface area contributed by atoms with Crippen LogP contribution in [0.25, 0.3) is 22.3 Å². The van der Waals surface area contributed by atoms with Crippen LogP contribution in [-0.2, 0) is 11.3 Å². The molecule has 0 radical (unpaired) electrons. The minimum Gasteiger partial charge on any atom is -0.444 e. The normalized spacial score (nSPS) is 13.9. The van der Waals surface area contributed by atoms with Crippen LogP contribution in [0.1, 0.15) is 38.3 Å². The van der Waals surface area contributed by atoms with Crippen LogP contribution in [0.2, 0.25) is 0 Å². The first-order valence-corrected chi connectivity index (χ1v) is 14.3. The van der Waals surface area contributed by atoms with E-state index in [2.05, 4.69) is 17.0 Å². The molecular formula is C29H33FN8O2S. The summed E-state index contributed by atoms with van der Waals surface area (Å²) in [6.07, 6.45) is -0.296. The van der Waals surface area contributed by atoms with Gasteiger partial charge < -0.3 is 19.4 Å². The van der Waals surface area contributed by atoms with Crippen LogP contribution in [0.15, 0.2) is 30.3 Å². The topological polar surface area (TPSA) is 103 Å². The molecule has 0 atom stereocenters. The lowest BCUT2D eigenvalue weighted by molar-refractivity contribution is 0.0240. The highest BCUT2D eigenvalue weighted by Gasteiger charge is 2.28. The molecule has 12 heteroatoms. The predicted octanol–water partition coefficient (Wildman–Crippen LogP) is 5.72. The quantitative estimate of drug-likeness (QED) is 0.297. The van der Waals surface area contributed by atoms with Crippen molar-refractivity contribution in [3.05, 3.63) is 46.7 Å². The molecule has 41 heavy (non-hydrogen) atoms. The summed E-state index contributed by atoms with van der Waals surface area (Å²) in [4.78, 5) is 28.5. The molecule has 1 aromatic carbocycles. The highest BCUT2D eigenvalue weighted by molar-refractivity contribution is 7.16. The fraction of sp³-hybridized carbons (Fsp3) is 0.414. The predicted molar refractivity (Wildman–Crippen MR) is 158 cm³/mol. The van der Waals surface area contributed by atoms with Gasteiger partial charge in [0.25, 0.3) is 0 Å². The molecule has 4 heterocycles. The molecule has 10 nitrogen and oxygen atoms in total. The second-order valence-corrected chi connectivity index (χ2v) is 11.9. The van der Waals surface area contributed by atoms with E-state index in [4.69, 9.17) is 19.8 Å². The number of hydrogen-bond donors (Lipinski definition) is 0. The molecule has 0 saturated carbocycles. The van der Waals surface area contributed by atoms with E-state index in [9.17, 15) is 14.4 Å². The van der Waals surface area contributed by atoms with E-state index >= 15 is 0 Å². The first-order chi connectivity index (χ1) is 19.5. The first kappa shape index (κ1) is 28.3. The zero-order valence-electron chi connectivity index (χ0n) is 24.1. The Morgan fingerprint density at radius 1 is 1.17 bits per heavy atom. The molecule has 1 amide bonds. The molecule has 1 fully saturated rings. The molecule has 1 saturated heterocycles. The Balaban J connectivity index is 1.47. The average Bonchev–Trinajstić information content (AvgIpc) is 3.53. The number of anilines is 3. The number of pyridine rings is 1. The number of halogens is 1. The van der Waals surface area contributed by atoms with Crippen molar-refractivity contribution in [3.63, 3.8) is 0 Å².